The van der Waals surface area contributed by atoms with Crippen LogP contribution < -0.4 is 5.73 Å². The zero-order chi connectivity index (χ0) is 7.49. The van der Waals surface area contributed by atoms with E-state index in [2.05, 4.69) is 47.8 Å². The molecule has 1 atom stereocenters. The van der Waals surface area contributed by atoms with E-state index in [4.69, 9.17) is 10.8 Å². The van der Waals surface area contributed by atoms with Crippen LogP contribution in [-0.4, -0.2) is 19.9 Å². The monoisotopic (exact) mass is 359 g/mol. The van der Waals surface area contributed by atoms with E-state index < -0.39 is 0 Å². The third-order valence-corrected chi connectivity index (χ3v) is 1.70. The van der Waals surface area contributed by atoms with Crippen molar-refractivity contribution in [2.45, 2.75) is 14.6 Å². The number of aliphatic hydroxyl groups excluding tert-OH is 1. The van der Waals surface area contributed by atoms with Crippen molar-refractivity contribution in [3.05, 3.63) is 0 Å². The largest absolute Gasteiger partial charge is 0.395 e. The molecule has 0 aliphatic rings. The molecular formula is C4H9Br3ClNO. The van der Waals surface area contributed by atoms with E-state index in [0.29, 0.717) is 6.42 Å². The molecule has 0 aliphatic heterocycles. The van der Waals surface area contributed by atoms with Crippen LogP contribution >= 0.6 is 60.2 Å². The molecule has 0 heterocycles. The van der Waals surface area contributed by atoms with Crippen molar-refractivity contribution >= 4 is 60.2 Å². The molecule has 2 nitrogen and oxygen atoms in total. The molecular weight excluding hydrogens is 353 g/mol. The molecule has 0 radical (unpaired) electrons. The van der Waals surface area contributed by atoms with Gasteiger partial charge in [0.15, 0.2) is 0 Å². The first kappa shape index (κ1) is 14.2. The fraction of sp³-hybridized carbons (Fsp3) is 1.00. The molecule has 3 N–H and O–H groups in total. The number of rotatable bonds is 2. The highest BCUT2D eigenvalue weighted by Gasteiger charge is 2.20. The average molecular weight is 362 g/mol. The van der Waals surface area contributed by atoms with E-state index in [1.54, 1.807) is 0 Å². The smallest absolute Gasteiger partial charge is 0.136 e. The average Bonchev–Trinajstić information content (AvgIpc) is 1.62. The van der Waals surface area contributed by atoms with Crippen LogP contribution in [0.2, 0.25) is 0 Å². The Bertz CT molecular complexity index is 87.1. The Kier molecular flexibility index (Phi) is 8.79. The van der Waals surface area contributed by atoms with Crippen LogP contribution in [0.4, 0.5) is 0 Å². The Balaban J connectivity index is 0. The molecule has 0 saturated heterocycles. The van der Waals surface area contributed by atoms with Crippen LogP contribution in [0.5, 0.6) is 0 Å². The van der Waals surface area contributed by atoms with Crippen LogP contribution in [0.15, 0.2) is 0 Å². The third-order valence-electron chi connectivity index (χ3n) is 0.728. The Hall–Kier alpha value is 1.65. The van der Waals surface area contributed by atoms with Gasteiger partial charge in [0, 0.05) is 6.04 Å². The predicted octanol–water partition coefficient (Wildman–Crippen LogP) is 1.96. The summed E-state index contributed by atoms with van der Waals surface area (Å²) < 4.78 is -0.324. The molecule has 64 valence electrons. The molecule has 0 aromatic rings. The minimum Gasteiger partial charge on any atom is -0.395 e. The molecule has 6 heteroatoms. The molecule has 0 fully saturated rings. The van der Waals surface area contributed by atoms with Gasteiger partial charge in [0.05, 0.1) is 6.61 Å². The van der Waals surface area contributed by atoms with Crippen LogP contribution in [0.1, 0.15) is 6.42 Å². The second-order valence-corrected chi connectivity index (χ2v) is 9.02. The van der Waals surface area contributed by atoms with Crippen LogP contribution in [0.3, 0.4) is 0 Å². The Morgan fingerprint density at radius 3 is 1.90 bits per heavy atom. The topological polar surface area (TPSA) is 46.2 Å². The molecule has 0 rings (SSSR count). The molecule has 0 aromatic carbocycles. The van der Waals surface area contributed by atoms with Gasteiger partial charge in [0.25, 0.3) is 0 Å². The van der Waals surface area contributed by atoms with Gasteiger partial charge in [0.2, 0.25) is 0 Å². The summed E-state index contributed by atoms with van der Waals surface area (Å²) in [5.74, 6) is 0. The van der Waals surface area contributed by atoms with Crippen LogP contribution in [0.25, 0.3) is 0 Å². The van der Waals surface area contributed by atoms with Gasteiger partial charge >= 0.3 is 0 Å². The highest BCUT2D eigenvalue weighted by atomic mass is 80.0. The highest BCUT2D eigenvalue weighted by Crippen LogP contribution is 2.37. The Morgan fingerprint density at radius 2 is 1.80 bits per heavy atom. The summed E-state index contributed by atoms with van der Waals surface area (Å²) in [6.45, 7) is 0.00451. The van der Waals surface area contributed by atoms with Gasteiger partial charge in [-0.15, -0.1) is 12.4 Å². The van der Waals surface area contributed by atoms with Crippen molar-refractivity contribution in [3.63, 3.8) is 0 Å². The van der Waals surface area contributed by atoms with Crippen LogP contribution in [0, 0.1) is 0 Å². The van der Waals surface area contributed by atoms with Crippen molar-refractivity contribution in [1.29, 1.82) is 0 Å². The summed E-state index contributed by atoms with van der Waals surface area (Å²) in [5.41, 5.74) is 5.42. The lowest BCUT2D eigenvalue weighted by molar-refractivity contribution is 0.262. The number of alkyl halides is 3. The Morgan fingerprint density at radius 1 is 1.40 bits per heavy atom. The number of hydrogen-bond acceptors (Lipinski definition) is 2. The van der Waals surface area contributed by atoms with E-state index in [1.165, 1.54) is 0 Å². The maximum atomic E-state index is 8.51. The normalized spacial score (nSPS) is 14.1. The number of nitrogens with two attached hydrogens (primary N) is 1. The summed E-state index contributed by atoms with van der Waals surface area (Å²) in [6, 6.07) is -0.192. The van der Waals surface area contributed by atoms with Gasteiger partial charge in [-0.2, -0.15) is 0 Å². The summed E-state index contributed by atoms with van der Waals surface area (Å²) in [6.07, 6.45) is 0.628. The highest BCUT2D eigenvalue weighted by molar-refractivity contribution is 9.39. The van der Waals surface area contributed by atoms with E-state index in [9.17, 15) is 0 Å². The second-order valence-electron chi connectivity index (χ2n) is 1.76. The molecule has 0 aromatic heterocycles. The predicted molar refractivity (Wildman–Crippen MR) is 56.4 cm³/mol. The maximum absolute atomic E-state index is 8.51. The molecule has 0 bridgehead atoms. The summed E-state index contributed by atoms with van der Waals surface area (Å²) in [7, 11) is 0. The zero-order valence-corrected chi connectivity index (χ0v) is 10.6. The lowest BCUT2D eigenvalue weighted by Crippen LogP contribution is -2.28. The lowest BCUT2D eigenvalue weighted by Gasteiger charge is -2.15. The van der Waals surface area contributed by atoms with Crippen molar-refractivity contribution in [1.82, 2.24) is 0 Å². The van der Waals surface area contributed by atoms with E-state index >= 15 is 0 Å². The lowest BCUT2D eigenvalue weighted by atomic mass is 10.3. The number of aliphatic hydroxyl groups is 1. The molecule has 0 saturated carbocycles. The standard InChI is InChI=1S/C4H8Br3NO.ClH/c5-4(6,7)1-3(8)2-9;/h3,9H,1-2,8H2;1H. The minimum atomic E-state index is -0.324. The number of hydrogen-bond donors (Lipinski definition) is 2. The molecule has 0 aliphatic carbocycles. The van der Waals surface area contributed by atoms with Crippen molar-refractivity contribution in [2.75, 3.05) is 6.61 Å². The maximum Gasteiger partial charge on any atom is 0.136 e. The van der Waals surface area contributed by atoms with E-state index in [0.717, 1.165) is 0 Å². The van der Waals surface area contributed by atoms with Crippen molar-refractivity contribution in [3.8, 4) is 0 Å². The van der Waals surface area contributed by atoms with E-state index in [1.807, 2.05) is 0 Å². The molecule has 1 unspecified atom stereocenters. The first-order valence-electron chi connectivity index (χ1n) is 2.39. The van der Waals surface area contributed by atoms with Gasteiger partial charge in [-0.25, -0.2) is 0 Å². The zero-order valence-electron chi connectivity index (χ0n) is 5.06. The van der Waals surface area contributed by atoms with Crippen molar-refractivity contribution < 1.29 is 5.11 Å². The van der Waals surface area contributed by atoms with Crippen molar-refractivity contribution in [2.24, 2.45) is 5.73 Å². The van der Waals surface area contributed by atoms with Gasteiger partial charge in [-0.05, 0) is 6.42 Å². The third kappa shape index (κ3) is 9.65. The second kappa shape index (κ2) is 6.20. The first-order chi connectivity index (χ1) is 3.95. The summed E-state index contributed by atoms with van der Waals surface area (Å²) in [4.78, 5) is 0. The minimum absolute atomic E-state index is 0. The molecule has 0 amide bonds. The Labute approximate surface area is 91.7 Å². The van der Waals surface area contributed by atoms with Gasteiger partial charge in [-0.3, -0.25) is 0 Å². The SMILES string of the molecule is Cl.NC(CO)CC(Br)(Br)Br. The van der Waals surface area contributed by atoms with E-state index in [-0.39, 0.29) is 27.2 Å². The quantitative estimate of drug-likeness (QED) is 0.738. The molecule has 10 heavy (non-hydrogen) atoms. The number of halogens is 4. The molecule has 0 spiro atoms. The van der Waals surface area contributed by atoms with Crippen LogP contribution in [-0.2, 0) is 0 Å². The van der Waals surface area contributed by atoms with Gasteiger partial charge < -0.3 is 10.8 Å². The summed E-state index contributed by atoms with van der Waals surface area (Å²) >= 11 is 9.79. The fourth-order valence-corrected chi connectivity index (χ4v) is 1.61. The van der Waals surface area contributed by atoms with Gasteiger partial charge in [0.1, 0.15) is 2.14 Å². The summed E-state index contributed by atoms with van der Waals surface area (Å²) in [5, 5.41) is 8.51. The first-order valence-corrected chi connectivity index (χ1v) is 4.77. The van der Waals surface area contributed by atoms with Gasteiger partial charge in [-0.1, -0.05) is 47.8 Å². The fourth-order valence-electron chi connectivity index (χ4n) is 0.362.